The van der Waals surface area contributed by atoms with Crippen LogP contribution < -0.4 is 0 Å². The summed E-state index contributed by atoms with van der Waals surface area (Å²) in [6.45, 7) is 2.08. The van der Waals surface area contributed by atoms with Gasteiger partial charge in [-0.1, -0.05) is 60.3 Å². The molecule has 0 N–H and O–H groups in total. The number of hydrogen-bond donors (Lipinski definition) is 0. The second kappa shape index (κ2) is 9.84. The lowest BCUT2D eigenvalue weighted by Crippen LogP contribution is -2.04. The van der Waals surface area contributed by atoms with E-state index in [1.807, 2.05) is 24.3 Å². The van der Waals surface area contributed by atoms with Crippen LogP contribution in [-0.4, -0.2) is 18.2 Å². The molecule has 0 saturated carbocycles. The van der Waals surface area contributed by atoms with E-state index in [4.69, 9.17) is 4.74 Å². The Morgan fingerprint density at radius 3 is 2.44 bits per heavy atom. The van der Waals surface area contributed by atoms with Crippen molar-refractivity contribution in [3.8, 4) is 0 Å². The Kier molecular flexibility index (Phi) is 7.48. The van der Waals surface area contributed by atoms with Gasteiger partial charge in [0.1, 0.15) is 0 Å². The highest BCUT2D eigenvalue weighted by Crippen LogP contribution is 2.26. The number of ether oxygens (including phenoxy) is 1. The molecule has 0 heterocycles. The lowest BCUT2D eigenvalue weighted by Gasteiger charge is -2.06. The summed E-state index contributed by atoms with van der Waals surface area (Å²) >= 11 is 1.11. The van der Waals surface area contributed by atoms with Crippen molar-refractivity contribution >= 4 is 28.4 Å². The second-order valence-electron chi connectivity index (χ2n) is 5.61. The number of methoxy groups -OCH3 is 1. The molecule has 130 valence electrons. The van der Waals surface area contributed by atoms with E-state index in [1.54, 1.807) is 18.2 Å². The van der Waals surface area contributed by atoms with E-state index >= 15 is 0 Å². The molecule has 0 atom stereocenters. The van der Waals surface area contributed by atoms with Gasteiger partial charge in [0.15, 0.2) is 5.12 Å². The van der Waals surface area contributed by atoms with Crippen LogP contribution >= 0.6 is 11.8 Å². The number of carbonyl (C=O) groups excluding carboxylic acids is 2. The van der Waals surface area contributed by atoms with Crippen molar-refractivity contribution in [1.29, 1.82) is 0 Å². The van der Waals surface area contributed by atoms with E-state index in [2.05, 4.69) is 25.1 Å². The van der Waals surface area contributed by atoms with Gasteiger partial charge in [0.25, 0.3) is 0 Å². The first-order valence-electron chi connectivity index (χ1n) is 8.22. The van der Waals surface area contributed by atoms with Crippen molar-refractivity contribution < 1.29 is 14.3 Å². The van der Waals surface area contributed by atoms with E-state index in [-0.39, 0.29) is 5.12 Å². The molecule has 0 aliphatic carbocycles. The summed E-state index contributed by atoms with van der Waals surface area (Å²) in [5.74, 6) is -0.419. The molecule has 0 radical (unpaired) electrons. The van der Waals surface area contributed by atoms with Gasteiger partial charge in [-0.25, -0.2) is 4.79 Å². The number of carbonyl (C=O) groups is 2. The Labute approximate surface area is 153 Å². The molecule has 0 aliphatic heterocycles. The minimum Gasteiger partial charge on any atom is -0.465 e. The van der Waals surface area contributed by atoms with Crippen LogP contribution in [0.4, 0.5) is 0 Å². The summed E-state index contributed by atoms with van der Waals surface area (Å²) in [5, 5.41) is 0.0575. The van der Waals surface area contributed by atoms with Crippen LogP contribution in [0.25, 0.3) is 5.57 Å². The normalized spacial score (nSPS) is 11.2. The minimum absolute atomic E-state index is 0.0575. The van der Waals surface area contributed by atoms with E-state index in [9.17, 15) is 9.59 Å². The molecule has 0 unspecified atom stereocenters. The van der Waals surface area contributed by atoms with Gasteiger partial charge in [0, 0.05) is 11.3 Å². The molecule has 0 amide bonds. The van der Waals surface area contributed by atoms with Gasteiger partial charge < -0.3 is 4.74 Å². The maximum atomic E-state index is 12.2. The molecule has 2 aromatic rings. The number of rotatable bonds is 7. The van der Waals surface area contributed by atoms with Gasteiger partial charge in [-0.05, 0) is 43.0 Å². The third-order valence-electron chi connectivity index (χ3n) is 3.78. The van der Waals surface area contributed by atoms with Crippen molar-refractivity contribution in [2.75, 3.05) is 7.11 Å². The predicted octanol–water partition coefficient (Wildman–Crippen LogP) is 5.37. The maximum Gasteiger partial charge on any atom is 0.339 e. The average molecular weight is 354 g/mol. The van der Waals surface area contributed by atoms with Crippen LogP contribution in [0.15, 0.2) is 65.6 Å². The molecule has 4 heteroatoms. The summed E-state index contributed by atoms with van der Waals surface area (Å²) in [7, 11) is 1.34. The Balaban J connectivity index is 1.85. The van der Waals surface area contributed by atoms with E-state index in [0.29, 0.717) is 16.9 Å². The zero-order valence-corrected chi connectivity index (χ0v) is 15.3. The van der Waals surface area contributed by atoms with Crippen molar-refractivity contribution in [3.63, 3.8) is 0 Å². The topological polar surface area (TPSA) is 43.4 Å². The van der Waals surface area contributed by atoms with Crippen LogP contribution in [-0.2, 0) is 9.53 Å². The highest BCUT2D eigenvalue weighted by molar-refractivity contribution is 8.13. The summed E-state index contributed by atoms with van der Waals surface area (Å²) in [6.07, 6.45) is 4.27. The largest absolute Gasteiger partial charge is 0.465 e. The molecule has 0 saturated heterocycles. The molecule has 0 aliphatic rings. The fourth-order valence-electron chi connectivity index (χ4n) is 2.39. The molecule has 0 fully saturated rings. The number of allylic oxidation sites excluding steroid dienone is 2. The summed E-state index contributed by atoms with van der Waals surface area (Å²) < 4.78 is 4.75. The lowest BCUT2D eigenvalue weighted by molar-refractivity contribution is -0.111. The third kappa shape index (κ3) is 5.91. The smallest absolute Gasteiger partial charge is 0.339 e. The van der Waals surface area contributed by atoms with Gasteiger partial charge in [0.2, 0.25) is 0 Å². The number of thioether (sulfide) groups is 1. The minimum atomic E-state index is -0.419. The summed E-state index contributed by atoms with van der Waals surface area (Å²) in [6, 6.07) is 17.2. The Morgan fingerprint density at radius 1 is 1.04 bits per heavy atom. The summed E-state index contributed by atoms with van der Waals surface area (Å²) in [5.41, 5.74) is 2.86. The highest BCUT2D eigenvalue weighted by Gasteiger charge is 2.14. The van der Waals surface area contributed by atoms with Crippen LogP contribution in [0.3, 0.4) is 0 Å². The first-order valence-corrected chi connectivity index (χ1v) is 9.03. The van der Waals surface area contributed by atoms with Crippen molar-refractivity contribution in [2.24, 2.45) is 0 Å². The number of benzene rings is 2. The van der Waals surface area contributed by atoms with E-state index in [0.717, 1.165) is 24.6 Å². The first-order chi connectivity index (χ1) is 12.1. The molecular weight excluding hydrogens is 332 g/mol. The average Bonchev–Trinajstić information content (AvgIpc) is 2.65. The first kappa shape index (κ1) is 19.0. The summed E-state index contributed by atoms with van der Waals surface area (Å²) in [4.78, 5) is 24.6. The van der Waals surface area contributed by atoms with Crippen molar-refractivity contribution in [2.45, 2.75) is 31.1 Å². The lowest BCUT2D eigenvalue weighted by atomic mass is 10.1. The van der Waals surface area contributed by atoms with E-state index in [1.165, 1.54) is 18.2 Å². The molecule has 3 nitrogen and oxygen atoms in total. The fraction of sp³-hybridized carbons (Fsp3) is 0.238. The second-order valence-corrected chi connectivity index (χ2v) is 6.71. The number of esters is 1. The van der Waals surface area contributed by atoms with Gasteiger partial charge in [0.05, 0.1) is 12.7 Å². The zero-order chi connectivity index (χ0) is 18.1. The Morgan fingerprint density at radius 2 is 1.72 bits per heavy atom. The molecular formula is C21H22O3S. The third-order valence-corrected chi connectivity index (χ3v) is 4.79. The standard InChI is InChI=1S/C21H22O3S/c1-16(17-11-4-3-5-12-17)10-6-9-15-20(22)25-19-14-8-7-13-18(19)21(23)24-2/h3-5,7-8,10-14H,6,9,15H2,1-2H3/b16-10-. The van der Waals surface area contributed by atoms with Gasteiger partial charge in [-0.3, -0.25) is 4.79 Å². The highest BCUT2D eigenvalue weighted by atomic mass is 32.2. The predicted molar refractivity (Wildman–Crippen MR) is 103 cm³/mol. The molecule has 0 spiro atoms. The van der Waals surface area contributed by atoms with Gasteiger partial charge in [-0.2, -0.15) is 0 Å². The Hall–Kier alpha value is -2.33. The molecule has 2 aromatic carbocycles. The van der Waals surface area contributed by atoms with Crippen LogP contribution in [0.1, 0.15) is 42.1 Å². The number of hydrogen-bond acceptors (Lipinski definition) is 4. The molecule has 0 bridgehead atoms. The van der Waals surface area contributed by atoms with Gasteiger partial charge >= 0.3 is 5.97 Å². The van der Waals surface area contributed by atoms with Crippen LogP contribution in [0.2, 0.25) is 0 Å². The molecule has 2 rings (SSSR count). The molecule has 0 aromatic heterocycles. The van der Waals surface area contributed by atoms with Crippen molar-refractivity contribution in [1.82, 2.24) is 0 Å². The SMILES string of the molecule is COC(=O)c1ccccc1SC(=O)CCC/C=C(/C)c1ccccc1. The van der Waals surface area contributed by atoms with Crippen molar-refractivity contribution in [3.05, 3.63) is 71.8 Å². The number of unbranched alkanes of at least 4 members (excludes halogenated alkanes) is 1. The van der Waals surface area contributed by atoms with Crippen LogP contribution in [0.5, 0.6) is 0 Å². The van der Waals surface area contributed by atoms with Gasteiger partial charge in [-0.15, -0.1) is 0 Å². The Bertz CT molecular complexity index is 751. The molecule has 25 heavy (non-hydrogen) atoms. The monoisotopic (exact) mass is 354 g/mol. The van der Waals surface area contributed by atoms with Crippen LogP contribution in [0, 0.1) is 0 Å². The fourth-order valence-corrected chi connectivity index (χ4v) is 3.29. The van der Waals surface area contributed by atoms with E-state index < -0.39 is 5.97 Å². The zero-order valence-electron chi connectivity index (χ0n) is 14.5. The maximum absolute atomic E-state index is 12.2. The quantitative estimate of drug-likeness (QED) is 0.381.